The molecule has 1 aromatic rings. The molecule has 1 aliphatic rings. The standard InChI is InChI=1S/C10H16N2/c1-7-4-9-8(2-3-11)6-12-10(9)5-7/h6-7,12H,2-5,11H2,1H3. The van der Waals surface area contributed by atoms with Crippen molar-refractivity contribution in [2.24, 2.45) is 11.7 Å². The van der Waals surface area contributed by atoms with Gasteiger partial charge < -0.3 is 10.7 Å². The van der Waals surface area contributed by atoms with Crippen LogP contribution in [0.2, 0.25) is 0 Å². The third-order valence-electron chi connectivity index (χ3n) is 2.69. The summed E-state index contributed by atoms with van der Waals surface area (Å²) in [6.07, 6.45) is 5.62. The first-order chi connectivity index (χ1) is 5.81. The molecule has 1 aromatic heterocycles. The second-order valence-corrected chi connectivity index (χ2v) is 3.82. The fourth-order valence-electron chi connectivity index (χ4n) is 2.13. The smallest absolute Gasteiger partial charge is 0.0185 e. The van der Waals surface area contributed by atoms with Crippen molar-refractivity contribution in [1.82, 2.24) is 4.98 Å². The summed E-state index contributed by atoms with van der Waals surface area (Å²) in [4.78, 5) is 3.35. The van der Waals surface area contributed by atoms with Crippen molar-refractivity contribution in [2.75, 3.05) is 6.54 Å². The van der Waals surface area contributed by atoms with Crippen LogP contribution in [0.3, 0.4) is 0 Å². The van der Waals surface area contributed by atoms with Crippen LogP contribution in [-0.2, 0) is 19.3 Å². The molecule has 1 unspecified atom stereocenters. The number of hydrogen-bond acceptors (Lipinski definition) is 1. The van der Waals surface area contributed by atoms with Gasteiger partial charge in [-0.1, -0.05) is 6.92 Å². The van der Waals surface area contributed by atoms with Crippen LogP contribution in [0.25, 0.3) is 0 Å². The first-order valence-corrected chi connectivity index (χ1v) is 4.69. The molecule has 0 radical (unpaired) electrons. The molecule has 12 heavy (non-hydrogen) atoms. The molecule has 0 fully saturated rings. The zero-order chi connectivity index (χ0) is 8.55. The third kappa shape index (κ3) is 1.16. The monoisotopic (exact) mass is 164 g/mol. The lowest BCUT2D eigenvalue weighted by atomic mass is 10.1. The number of H-pyrrole nitrogens is 1. The van der Waals surface area contributed by atoms with Gasteiger partial charge in [0.2, 0.25) is 0 Å². The molecular weight excluding hydrogens is 148 g/mol. The number of rotatable bonds is 2. The lowest BCUT2D eigenvalue weighted by Crippen LogP contribution is -2.03. The minimum absolute atomic E-state index is 0.763. The Morgan fingerprint density at radius 2 is 2.42 bits per heavy atom. The van der Waals surface area contributed by atoms with E-state index in [2.05, 4.69) is 18.1 Å². The summed E-state index contributed by atoms with van der Waals surface area (Å²) in [6.45, 7) is 3.07. The largest absolute Gasteiger partial charge is 0.364 e. The van der Waals surface area contributed by atoms with E-state index in [0.29, 0.717) is 0 Å². The van der Waals surface area contributed by atoms with Gasteiger partial charge in [-0.2, -0.15) is 0 Å². The second kappa shape index (κ2) is 2.94. The lowest BCUT2D eigenvalue weighted by molar-refractivity contribution is 0.619. The highest BCUT2D eigenvalue weighted by Gasteiger charge is 2.21. The van der Waals surface area contributed by atoms with Gasteiger partial charge in [0.25, 0.3) is 0 Å². The van der Waals surface area contributed by atoms with Crippen LogP contribution >= 0.6 is 0 Å². The topological polar surface area (TPSA) is 41.8 Å². The van der Waals surface area contributed by atoms with Crippen molar-refractivity contribution in [3.63, 3.8) is 0 Å². The quantitative estimate of drug-likeness (QED) is 0.678. The van der Waals surface area contributed by atoms with E-state index < -0.39 is 0 Å². The van der Waals surface area contributed by atoms with Gasteiger partial charge in [0.1, 0.15) is 0 Å². The molecule has 0 aromatic carbocycles. The average Bonchev–Trinajstić information content (AvgIpc) is 2.52. The summed E-state index contributed by atoms with van der Waals surface area (Å²) in [5, 5.41) is 0. The van der Waals surface area contributed by atoms with Crippen LogP contribution in [-0.4, -0.2) is 11.5 Å². The molecule has 1 atom stereocenters. The molecule has 0 spiro atoms. The fraction of sp³-hybridized carbons (Fsp3) is 0.600. The summed E-state index contributed by atoms with van der Waals surface area (Å²) in [5.74, 6) is 0.823. The molecule has 2 rings (SSSR count). The highest BCUT2D eigenvalue weighted by atomic mass is 14.7. The first kappa shape index (κ1) is 7.87. The molecule has 0 saturated heterocycles. The van der Waals surface area contributed by atoms with Crippen molar-refractivity contribution >= 4 is 0 Å². The van der Waals surface area contributed by atoms with Crippen molar-refractivity contribution in [2.45, 2.75) is 26.2 Å². The highest BCUT2D eigenvalue weighted by molar-refractivity contribution is 5.35. The molecule has 3 N–H and O–H groups in total. The summed E-state index contributed by atoms with van der Waals surface area (Å²) < 4.78 is 0. The van der Waals surface area contributed by atoms with Crippen molar-refractivity contribution in [3.05, 3.63) is 23.0 Å². The van der Waals surface area contributed by atoms with Gasteiger partial charge in [-0.15, -0.1) is 0 Å². The van der Waals surface area contributed by atoms with E-state index in [9.17, 15) is 0 Å². The van der Waals surface area contributed by atoms with E-state index in [1.54, 1.807) is 5.56 Å². The molecule has 1 aliphatic carbocycles. The average molecular weight is 164 g/mol. The van der Waals surface area contributed by atoms with Crippen LogP contribution in [0, 0.1) is 5.92 Å². The van der Waals surface area contributed by atoms with Gasteiger partial charge in [0.05, 0.1) is 0 Å². The predicted octanol–water partition coefficient (Wildman–Crippen LogP) is 1.25. The number of aromatic amines is 1. The Morgan fingerprint density at radius 1 is 1.58 bits per heavy atom. The number of hydrogen-bond donors (Lipinski definition) is 2. The van der Waals surface area contributed by atoms with Crippen LogP contribution < -0.4 is 5.73 Å². The van der Waals surface area contributed by atoms with Crippen LogP contribution in [0.4, 0.5) is 0 Å². The molecule has 0 saturated carbocycles. The summed E-state index contributed by atoms with van der Waals surface area (Å²) >= 11 is 0. The van der Waals surface area contributed by atoms with Gasteiger partial charge in [-0.05, 0) is 42.9 Å². The number of aromatic nitrogens is 1. The van der Waals surface area contributed by atoms with E-state index in [1.807, 2.05) is 0 Å². The zero-order valence-corrected chi connectivity index (χ0v) is 7.56. The maximum Gasteiger partial charge on any atom is 0.0185 e. The minimum Gasteiger partial charge on any atom is -0.364 e. The lowest BCUT2D eigenvalue weighted by Gasteiger charge is -2.00. The van der Waals surface area contributed by atoms with Gasteiger partial charge in [-0.3, -0.25) is 0 Å². The molecule has 1 heterocycles. The predicted molar refractivity (Wildman–Crippen MR) is 50.1 cm³/mol. The van der Waals surface area contributed by atoms with E-state index >= 15 is 0 Å². The van der Waals surface area contributed by atoms with Crippen LogP contribution in [0.1, 0.15) is 23.7 Å². The molecule has 2 nitrogen and oxygen atoms in total. The highest BCUT2D eigenvalue weighted by Crippen LogP contribution is 2.28. The Kier molecular flexibility index (Phi) is 1.93. The van der Waals surface area contributed by atoms with Crippen LogP contribution in [0.15, 0.2) is 6.20 Å². The molecule has 2 heteroatoms. The van der Waals surface area contributed by atoms with E-state index in [-0.39, 0.29) is 0 Å². The second-order valence-electron chi connectivity index (χ2n) is 3.82. The number of nitrogens with two attached hydrogens (primary N) is 1. The summed E-state index contributed by atoms with van der Waals surface area (Å²) in [6, 6.07) is 0. The molecule has 66 valence electrons. The van der Waals surface area contributed by atoms with E-state index in [0.717, 1.165) is 18.9 Å². The SMILES string of the molecule is CC1Cc2[nH]cc(CCN)c2C1. The molecule has 0 aliphatic heterocycles. The Balaban J connectivity index is 2.24. The maximum atomic E-state index is 5.53. The first-order valence-electron chi connectivity index (χ1n) is 4.69. The maximum absolute atomic E-state index is 5.53. The number of fused-ring (bicyclic) bond motifs is 1. The van der Waals surface area contributed by atoms with E-state index in [4.69, 9.17) is 5.73 Å². The van der Waals surface area contributed by atoms with Crippen molar-refractivity contribution in [1.29, 1.82) is 0 Å². The molecule has 0 amide bonds. The Bertz CT molecular complexity index is 275. The minimum atomic E-state index is 0.763. The van der Waals surface area contributed by atoms with Crippen molar-refractivity contribution in [3.8, 4) is 0 Å². The Labute approximate surface area is 73.2 Å². The Hall–Kier alpha value is -0.760. The van der Waals surface area contributed by atoms with Gasteiger partial charge in [-0.25, -0.2) is 0 Å². The summed E-state index contributed by atoms with van der Waals surface area (Å²) in [7, 11) is 0. The fourth-order valence-corrected chi connectivity index (χ4v) is 2.13. The normalized spacial score (nSPS) is 21.3. The van der Waals surface area contributed by atoms with Gasteiger partial charge >= 0.3 is 0 Å². The number of nitrogens with one attached hydrogen (secondary N) is 1. The van der Waals surface area contributed by atoms with Crippen LogP contribution in [0.5, 0.6) is 0 Å². The zero-order valence-electron chi connectivity index (χ0n) is 7.56. The Morgan fingerprint density at radius 3 is 3.17 bits per heavy atom. The van der Waals surface area contributed by atoms with Crippen molar-refractivity contribution < 1.29 is 0 Å². The summed E-state index contributed by atoms with van der Waals surface area (Å²) in [5.41, 5.74) is 9.98. The molecule has 0 bridgehead atoms. The van der Waals surface area contributed by atoms with Gasteiger partial charge in [0.15, 0.2) is 0 Å². The van der Waals surface area contributed by atoms with E-state index in [1.165, 1.54) is 24.1 Å². The van der Waals surface area contributed by atoms with Gasteiger partial charge in [0, 0.05) is 11.9 Å². The molecular formula is C10H16N2. The third-order valence-corrected chi connectivity index (χ3v) is 2.69.